The van der Waals surface area contributed by atoms with E-state index in [9.17, 15) is 0 Å². The fourth-order valence-electron chi connectivity index (χ4n) is 4.23. The van der Waals surface area contributed by atoms with E-state index < -0.39 is 18.8 Å². The van der Waals surface area contributed by atoms with Crippen LogP contribution < -0.4 is 10.7 Å². The third-order valence-corrected chi connectivity index (χ3v) is 17.5. The van der Waals surface area contributed by atoms with Gasteiger partial charge in [0.25, 0.3) is 0 Å². The maximum atomic E-state index is 7.04. The van der Waals surface area contributed by atoms with Crippen molar-refractivity contribution in [1.29, 1.82) is 0 Å². The number of rotatable bonds is 13. The van der Waals surface area contributed by atoms with Crippen molar-refractivity contribution in [1.82, 2.24) is 0 Å². The van der Waals surface area contributed by atoms with E-state index in [2.05, 4.69) is 97.9 Å². The van der Waals surface area contributed by atoms with Gasteiger partial charge in [-0.2, -0.15) is 0 Å². The average molecular weight is 507 g/mol. The van der Waals surface area contributed by atoms with E-state index in [1.54, 1.807) is 0 Å². The molecule has 0 aliphatic heterocycles. The van der Waals surface area contributed by atoms with Gasteiger partial charge in [0.1, 0.15) is 0 Å². The molecule has 0 N–H and O–H groups in total. The van der Waals surface area contributed by atoms with Crippen molar-refractivity contribution in [3.63, 3.8) is 0 Å². The monoisotopic (exact) mass is 508 g/mol. The van der Waals surface area contributed by atoms with Crippen molar-refractivity contribution in [2.45, 2.75) is 58.3 Å². The molecular weight excluding hydrogens is 471 g/mol. The van der Waals surface area contributed by atoms with Gasteiger partial charge in [-0.05, 0) is 0 Å². The third-order valence-electron chi connectivity index (χ3n) is 5.86. The summed E-state index contributed by atoms with van der Waals surface area (Å²) >= 11 is -3.50. The summed E-state index contributed by atoms with van der Waals surface area (Å²) in [5, 5.41) is 0. The molecule has 3 aromatic carbocycles. The molecule has 0 atom stereocenters. The Kier molecular flexibility index (Phi) is 9.98. The van der Waals surface area contributed by atoms with Gasteiger partial charge >= 0.3 is 188 Å². The van der Waals surface area contributed by atoms with Crippen molar-refractivity contribution in [2.24, 2.45) is 0 Å². The van der Waals surface area contributed by atoms with Gasteiger partial charge in [0.05, 0.1) is 0 Å². The molecule has 2 heteroatoms. The molecule has 0 spiro atoms. The molecular formula is C28H36OSn. The summed E-state index contributed by atoms with van der Waals surface area (Å²) < 4.78 is 11.2. The van der Waals surface area contributed by atoms with Gasteiger partial charge < -0.3 is 0 Å². The predicted octanol–water partition coefficient (Wildman–Crippen LogP) is 5.81. The summed E-state index contributed by atoms with van der Waals surface area (Å²) in [7, 11) is 0. The quantitative estimate of drug-likeness (QED) is 0.210. The van der Waals surface area contributed by atoms with Gasteiger partial charge in [-0.15, -0.1) is 0 Å². The Bertz CT molecular complexity index is 720. The van der Waals surface area contributed by atoms with E-state index in [1.807, 2.05) is 0 Å². The summed E-state index contributed by atoms with van der Waals surface area (Å²) in [6.45, 7) is 3.13. The second-order valence-corrected chi connectivity index (χ2v) is 17.8. The Labute approximate surface area is 187 Å². The normalized spacial score (nSPS) is 11.5. The minimum absolute atomic E-state index is 0.851. The predicted molar refractivity (Wildman–Crippen MR) is 133 cm³/mol. The van der Waals surface area contributed by atoms with E-state index >= 15 is 0 Å². The second kappa shape index (κ2) is 13.0. The van der Waals surface area contributed by atoms with Crippen molar-refractivity contribution < 1.29 is 3.07 Å². The molecule has 0 aromatic heterocycles. The van der Waals surface area contributed by atoms with Crippen LogP contribution in [-0.4, -0.2) is 25.4 Å². The number of unbranched alkanes of at least 4 members (excludes halogenated alkanes) is 7. The van der Waals surface area contributed by atoms with Crippen LogP contribution in [0.3, 0.4) is 0 Å². The first-order valence-corrected chi connectivity index (χ1v) is 17.1. The van der Waals surface area contributed by atoms with Crippen LogP contribution in [0.25, 0.3) is 0 Å². The molecule has 158 valence electrons. The molecule has 0 saturated carbocycles. The zero-order chi connectivity index (χ0) is 20.9. The Balaban J connectivity index is 1.77. The molecule has 0 heterocycles. The average Bonchev–Trinajstić information content (AvgIpc) is 2.82. The van der Waals surface area contributed by atoms with Crippen LogP contribution in [0.4, 0.5) is 0 Å². The first-order valence-electron chi connectivity index (χ1n) is 11.7. The van der Waals surface area contributed by atoms with Crippen LogP contribution in [0.1, 0.15) is 58.3 Å². The van der Waals surface area contributed by atoms with E-state index in [4.69, 9.17) is 3.07 Å². The molecule has 30 heavy (non-hydrogen) atoms. The SMILES string of the molecule is CCCCCCCCCC[O][Sn]([c]1ccccc1)([c]1ccccc1)[c]1ccccc1. The van der Waals surface area contributed by atoms with Crippen LogP contribution in [0.15, 0.2) is 91.0 Å². The van der Waals surface area contributed by atoms with Gasteiger partial charge in [0.15, 0.2) is 0 Å². The van der Waals surface area contributed by atoms with Crippen molar-refractivity contribution in [2.75, 3.05) is 6.61 Å². The Hall–Kier alpha value is -1.58. The molecule has 0 bridgehead atoms. The van der Waals surface area contributed by atoms with E-state index in [0.717, 1.165) is 13.0 Å². The maximum absolute atomic E-state index is 7.04. The van der Waals surface area contributed by atoms with E-state index in [1.165, 1.54) is 55.7 Å². The Morgan fingerprint density at radius 3 is 1.27 bits per heavy atom. The molecule has 0 unspecified atom stereocenters. The Morgan fingerprint density at radius 1 is 0.500 bits per heavy atom. The van der Waals surface area contributed by atoms with Crippen molar-refractivity contribution >= 4 is 29.5 Å². The molecule has 1 nitrogen and oxygen atoms in total. The summed E-state index contributed by atoms with van der Waals surface area (Å²) in [6, 6.07) is 33.0. The summed E-state index contributed by atoms with van der Waals surface area (Å²) in [6.07, 6.45) is 10.6. The fraction of sp³-hybridized carbons (Fsp3) is 0.357. The van der Waals surface area contributed by atoms with Gasteiger partial charge in [-0.3, -0.25) is 0 Å². The summed E-state index contributed by atoms with van der Waals surface area (Å²) in [5.74, 6) is 0. The zero-order valence-corrected chi connectivity index (χ0v) is 21.3. The van der Waals surface area contributed by atoms with E-state index in [-0.39, 0.29) is 0 Å². The summed E-state index contributed by atoms with van der Waals surface area (Å²) in [5.41, 5.74) is 0. The van der Waals surface area contributed by atoms with Crippen LogP contribution in [0.5, 0.6) is 0 Å². The molecule has 0 fully saturated rings. The first-order chi connectivity index (χ1) is 14.9. The van der Waals surface area contributed by atoms with Crippen LogP contribution in [-0.2, 0) is 3.07 Å². The molecule has 0 aliphatic rings. The first kappa shape index (κ1) is 23.1. The number of benzene rings is 3. The molecule has 0 saturated heterocycles. The summed E-state index contributed by atoms with van der Waals surface area (Å²) in [4.78, 5) is 0. The topological polar surface area (TPSA) is 9.23 Å². The van der Waals surface area contributed by atoms with Crippen molar-refractivity contribution in [3.8, 4) is 0 Å². The van der Waals surface area contributed by atoms with Gasteiger partial charge in [-0.1, -0.05) is 0 Å². The van der Waals surface area contributed by atoms with Gasteiger partial charge in [-0.25, -0.2) is 0 Å². The zero-order valence-electron chi connectivity index (χ0n) is 18.4. The second-order valence-electron chi connectivity index (χ2n) is 8.10. The van der Waals surface area contributed by atoms with Crippen LogP contribution in [0, 0.1) is 0 Å². The molecule has 0 radical (unpaired) electrons. The van der Waals surface area contributed by atoms with Crippen LogP contribution >= 0.6 is 0 Å². The Morgan fingerprint density at radius 2 is 0.867 bits per heavy atom. The fourth-order valence-corrected chi connectivity index (χ4v) is 15.5. The van der Waals surface area contributed by atoms with Crippen LogP contribution in [0.2, 0.25) is 0 Å². The molecule has 0 amide bonds. The number of hydrogen-bond donors (Lipinski definition) is 0. The van der Waals surface area contributed by atoms with Gasteiger partial charge in [0.2, 0.25) is 0 Å². The minimum atomic E-state index is -3.50. The van der Waals surface area contributed by atoms with E-state index in [0.29, 0.717) is 0 Å². The molecule has 3 aromatic rings. The number of hydrogen-bond acceptors (Lipinski definition) is 1. The standard InChI is InChI=1S/C10H21O.3C6H5.Sn/c1-2-3-4-5-6-7-8-9-10-11;3*1-2-4-6-5-3-1;/h2-10H2,1H3;3*1-5H;/q-1;;;;+1. The molecule has 0 aliphatic carbocycles. The van der Waals surface area contributed by atoms with Gasteiger partial charge in [0, 0.05) is 0 Å². The van der Waals surface area contributed by atoms with Crippen molar-refractivity contribution in [3.05, 3.63) is 91.0 Å². The third kappa shape index (κ3) is 6.21. The molecule has 3 rings (SSSR count).